The largest absolute Gasteiger partial charge is 0.497 e. The van der Waals surface area contributed by atoms with E-state index in [-0.39, 0.29) is 24.0 Å². The average Bonchev–Trinajstić information content (AvgIpc) is 3.29. The van der Waals surface area contributed by atoms with Crippen LogP contribution in [0.2, 0.25) is 0 Å². The van der Waals surface area contributed by atoms with E-state index in [2.05, 4.69) is 0 Å². The molecule has 2 amide bonds. The Hall–Kier alpha value is -4.13. The van der Waals surface area contributed by atoms with Crippen molar-refractivity contribution in [2.45, 2.75) is 38.3 Å². The van der Waals surface area contributed by atoms with Crippen LogP contribution in [0.3, 0.4) is 0 Å². The van der Waals surface area contributed by atoms with Gasteiger partial charge in [-0.1, -0.05) is 56.3 Å². The van der Waals surface area contributed by atoms with E-state index in [4.69, 9.17) is 15.2 Å². The summed E-state index contributed by atoms with van der Waals surface area (Å²) in [7, 11) is 3.14. The summed E-state index contributed by atoms with van der Waals surface area (Å²) < 4.78 is 10.6. The van der Waals surface area contributed by atoms with E-state index in [1.807, 2.05) is 56.3 Å². The Balaban J connectivity index is 1.95. The molecule has 1 heterocycles. The molecule has 1 aliphatic rings. The molecular weight excluding hydrogens is 480 g/mol. The molecule has 1 aliphatic heterocycles. The summed E-state index contributed by atoms with van der Waals surface area (Å²) in [5.41, 5.74) is 8.01. The van der Waals surface area contributed by atoms with Crippen LogP contribution in [-0.4, -0.2) is 42.8 Å². The van der Waals surface area contributed by atoms with Crippen molar-refractivity contribution in [2.75, 3.05) is 14.2 Å². The minimum absolute atomic E-state index is 0.0547. The van der Waals surface area contributed by atoms with Crippen LogP contribution < -0.4 is 15.2 Å². The second-order valence-electron chi connectivity index (χ2n) is 10.0. The lowest BCUT2D eigenvalue weighted by Gasteiger charge is -2.31. The highest BCUT2D eigenvalue weighted by Gasteiger charge is 2.56. The molecule has 7 nitrogen and oxygen atoms in total. The van der Waals surface area contributed by atoms with Crippen LogP contribution in [0, 0.1) is 11.8 Å². The molecule has 7 heteroatoms. The number of benzene rings is 3. The number of amides is 2. The molecule has 0 aliphatic carbocycles. The number of ketones is 1. The highest BCUT2D eigenvalue weighted by molar-refractivity contribution is 6.01. The van der Waals surface area contributed by atoms with Gasteiger partial charge < -0.3 is 20.1 Å². The van der Waals surface area contributed by atoms with Crippen molar-refractivity contribution in [3.8, 4) is 11.5 Å². The van der Waals surface area contributed by atoms with E-state index in [0.29, 0.717) is 17.1 Å². The topological polar surface area (TPSA) is 98.9 Å². The fourth-order valence-corrected chi connectivity index (χ4v) is 5.48. The first kappa shape index (κ1) is 26.9. The molecule has 0 saturated carbocycles. The lowest BCUT2D eigenvalue weighted by Crippen LogP contribution is -2.47. The first-order valence-electron chi connectivity index (χ1n) is 12.7. The average molecular weight is 515 g/mol. The maximum absolute atomic E-state index is 14.3. The van der Waals surface area contributed by atoms with Crippen LogP contribution in [0.25, 0.3) is 0 Å². The Kier molecular flexibility index (Phi) is 8.15. The second-order valence-corrected chi connectivity index (χ2v) is 10.0. The van der Waals surface area contributed by atoms with E-state index in [0.717, 1.165) is 11.1 Å². The van der Waals surface area contributed by atoms with Gasteiger partial charge in [0.15, 0.2) is 5.78 Å². The zero-order valence-corrected chi connectivity index (χ0v) is 22.2. The summed E-state index contributed by atoms with van der Waals surface area (Å²) >= 11 is 0. The van der Waals surface area contributed by atoms with Gasteiger partial charge in [0.1, 0.15) is 17.5 Å². The smallest absolute Gasteiger partial charge is 0.240 e. The maximum Gasteiger partial charge on any atom is 0.240 e. The van der Waals surface area contributed by atoms with Gasteiger partial charge in [-0.15, -0.1) is 0 Å². The fraction of sp³-hybridized carbons (Fsp3) is 0.323. The van der Waals surface area contributed by atoms with Crippen molar-refractivity contribution in [2.24, 2.45) is 17.6 Å². The number of hydrogen-bond donors (Lipinski definition) is 1. The SMILES string of the molecule is COc1ccc(C(=O)C2C(c3ccccc3)C(C(N)=O)N(C(=O)CC(C)C)C2c2ccc(OC)cc2)cc1. The molecule has 198 valence electrons. The van der Waals surface area contributed by atoms with Crippen LogP contribution in [-0.2, 0) is 9.59 Å². The molecule has 0 radical (unpaired) electrons. The number of nitrogens with two attached hydrogens (primary N) is 1. The monoisotopic (exact) mass is 514 g/mol. The van der Waals surface area contributed by atoms with E-state index in [1.54, 1.807) is 55.5 Å². The van der Waals surface area contributed by atoms with E-state index < -0.39 is 29.8 Å². The molecule has 3 aromatic carbocycles. The molecule has 0 aromatic heterocycles. The van der Waals surface area contributed by atoms with E-state index >= 15 is 0 Å². The Bertz CT molecular complexity index is 1270. The maximum atomic E-state index is 14.3. The Morgan fingerprint density at radius 2 is 1.37 bits per heavy atom. The van der Waals surface area contributed by atoms with Crippen molar-refractivity contribution in [3.63, 3.8) is 0 Å². The van der Waals surface area contributed by atoms with Gasteiger partial charge in [-0.3, -0.25) is 14.4 Å². The molecule has 0 bridgehead atoms. The van der Waals surface area contributed by atoms with Crippen LogP contribution in [0.5, 0.6) is 11.5 Å². The minimum atomic E-state index is -0.997. The third-order valence-corrected chi connectivity index (χ3v) is 7.15. The van der Waals surface area contributed by atoms with Gasteiger partial charge in [-0.2, -0.15) is 0 Å². The lowest BCUT2D eigenvalue weighted by atomic mass is 9.76. The van der Waals surface area contributed by atoms with Crippen LogP contribution in [0.4, 0.5) is 0 Å². The zero-order valence-electron chi connectivity index (χ0n) is 22.2. The molecule has 2 N–H and O–H groups in total. The molecular formula is C31H34N2O5. The van der Waals surface area contributed by atoms with Crippen LogP contribution in [0.15, 0.2) is 78.9 Å². The minimum Gasteiger partial charge on any atom is -0.497 e. The number of ether oxygens (including phenoxy) is 2. The predicted molar refractivity (Wildman–Crippen MR) is 145 cm³/mol. The standard InChI is InChI=1S/C31H34N2O5/c1-19(2)18-25(34)33-28(21-10-14-23(37-3)15-11-21)27(30(35)22-12-16-24(38-4)17-13-22)26(29(33)31(32)36)20-8-6-5-7-9-20/h5-17,19,26-29H,18H2,1-4H3,(H2,32,36). The summed E-state index contributed by atoms with van der Waals surface area (Å²) in [6.45, 7) is 3.90. The number of rotatable bonds is 9. The van der Waals surface area contributed by atoms with Crippen molar-refractivity contribution >= 4 is 17.6 Å². The number of likely N-dealkylation sites (tertiary alicyclic amines) is 1. The summed E-state index contributed by atoms with van der Waals surface area (Å²) in [6, 6.07) is 21.8. The van der Waals surface area contributed by atoms with Gasteiger partial charge in [0.2, 0.25) is 11.8 Å². The molecule has 38 heavy (non-hydrogen) atoms. The normalized spacial score (nSPS) is 20.8. The Morgan fingerprint density at radius 3 is 1.87 bits per heavy atom. The number of primary amides is 1. The predicted octanol–water partition coefficient (Wildman–Crippen LogP) is 4.77. The number of carbonyl (C=O) groups is 3. The number of carbonyl (C=O) groups excluding carboxylic acids is 3. The molecule has 1 fully saturated rings. The molecule has 0 spiro atoms. The highest BCUT2D eigenvalue weighted by atomic mass is 16.5. The Morgan fingerprint density at radius 1 is 0.816 bits per heavy atom. The van der Waals surface area contributed by atoms with Crippen molar-refractivity contribution in [1.82, 2.24) is 4.90 Å². The highest BCUT2D eigenvalue weighted by Crippen LogP contribution is 2.51. The number of hydrogen-bond acceptors (Lipinski definition) is 5. The third-order valence-electron chi connectivity index (χ3n) is 7.15. The van der Waals surface area contributed by atoms with Gasteiger partial charge >= 0.3 is 0 Å². The number of Topliss-reactive ketones (excluding diaryl/α,β-unsaturated/α-hetero) is 1. The first-order chi connectivity index (χ1) is 18.3. The number of methoxy groups -OCH3 is 2. The van der Waals surface area contributed by atoms with Gasteiger partial charge in [-0.25, -0.2) is 0 Å². The molecule has 3 aromatic rings. The molecule has 4 rings (SSSR count). The van der Waals surface area contributed by atoms with Gasteiger partial charge in [-0.05, 0) is 53.4 Å². The fourth-order valence-electron chi connectivity index (χ4n) is 5.48. The Labute approximate surface area is 223 Å². The second kappa shape index (κ2) is 11.5. The molecule has 4 atom stereocenters. The van der Waals surface area contributed by atoms with E-state index in [9.17, 15) is 14.4 Å². The first-order valence-corrected chi connectivity index (χ1v) is 12.7. The van der Waals surface area contributed by atoms with Gasteiger partial charge in [0.05, 0.1) is 26.2 Å². The lowest BCUT2D eigenvalue weighted by molar-refractivity contribution is -0.140. The van der Waals surface area contributed by atoms with Crippen LogP contribution in [0.1, 0.15) is 53.7 Å². The quantitative estimate of drug-likeness (QED) is 0.415. The molecule has 4 unspecified atom stereocenters. The van der Waals surface area contributed by atoms with Gasteiger partial charge in [0, 0.05) is 17.9 Å². The summed E-state index contributed by atoms with van der Waals surface area (Å²) in [6.07, 6.45) is 0.224. The third kappa shape index (κ3) is 5.28. The summed E-state index contributed by atoms with van der Waals surface area (Å²) in [5, 5.41) is 0. The van der Waals surface area contributed by atoms with Crippen LogP contribution >= 0.6 is 0 Å². The zero-order chi connectivity index (χ0) is 27.4. The van der Waals surface area contributed by atoms with Gasteiger partial charge in [0.25, 0.3) is 0 Å². The molecule has 1 saturated heterocycles. The van der Waals surface area contributed by atoms with Crippen molar-refractivity contribution in [3.05, 3.63) is 95.6 Å². The summed E-state index contributed by atoms with van der Waals surface area (Å²) in [4.78, 5) is 42.8. The summed E-state index contributed by atoms with van der Waals surface area (Å²) in [5.74, 6) is -1.08. The van der Waals surface area contributed by atoms with Crippen molar-refractivity contribution in [1.29, 1.82) is 0 Å². The van der Waals surface area contributed by atoms with Crippen molar-refractivity contribution < 1.29 is 23.9 Å². The number of nitrogens with zero attached hydrogens (tertiary/aromatic N) is 1. The van der Waals surface area contributed by atoms with E-state index in [1.165, 1.54) is 0 Å².